The van der Waals surface area contributed by atoms with E-state index in [0.717, 1.165) is 25.0 Å². The van der Waals surface area contributed by atoms with Crippen molar-refractivity contribution in [2.75, 3.05) is 18.5 Å². The van der Waals surface area contributed by atoms with E-state index < -0.39 is 0 Å². The van der Waals surface area contributed by atoms with Gasteiger partial charge in [-0.05, 0) is 43.5 Å². The van der Waals surface area contributed by atoms with E-state index >= 15 is 0 Å². The topological polar surface area (TPSA) is 96.1 Å². The minimum atomic E-state index is -0.168. The molecule has 1 saturated heterocycles. The van der Waals surface area contributed by atoms with Crippen molar-refractivity contribution < 1.29 is 9.53 Å². The van der Waals surface area contributed by atoms with E-state index in [1.54, 1.807) is 12.1 Å². The molecule has 0 bridgehead atoms. The number of anilines is 1. The summed E-state index contributed by atoms with van der Waals surface area (Å²) in [6, 6.07) is 12.8. The van der Waals surface area contributed by atoms with Crippen LogP contribution in [0.5, 0.6) is 0 Å². The molecular formula is C22H24N4O3. The SMILES string of the molecule is Cc1cccc2c(=O)[nH]c(CNc3ccccc3C(=O)NCC3CCCO3)nc12. The van der Waals surface area contributed by atoms with Crippen molar-refractivity contribution in [3.8, 4) is 0 Å². The number of nitrogens with one attached hydrogen (secondary N) is 3. The Bertz CT molecular complexity index is 1090. The molecule has 0 saturated carbocycles. The number of carbonyl (C=O) groups is 1. The van der Waals surface area contributed by atoms with Crippen LogP contribution in [-0.2, 0) is 11.3 Å². The summed E-state index contributed by atoms with van der Waals surface area (Å²) >= 11 is 0. The highest BCUT2D eigenvalue weighted by atomic mass is 16.5. The van der Waals surface area contributed by atoms with Crippen LogP contribution in [0.1, 0.15) is 34.6 Å². The second-order valence-electron chi connectivity index (χ2n) is 7.23. The van der Waals surface area contributed by atoms with Gasteiger partial charge in [0, 0.05) is 18.8 Å². The number of hydrogen-bond donors (Lipinski definition) is 3. The van der Waals surface area contributed by atoms with E-state index in [4.69, 9.17) is 4.74 Å². The Labute approximate surface area is 168 Å². The molecule has 1 aliphatic rings. The summed E-state index contributed by atoms with van der Waals surface area (Å²) in [5, 5.41) is 6.74. The van der Waals surface area contributed by atoms with Crippen LogP contribution in [0, 0.1) is 6.92 Å². The molecule has 3 N–H and O–H groups in total. The number of benzene rings is 2. The first-order chi connectivity index (χ1) is 14.1. The molecule has 1 unspecified atom stereocenters. The van der Waals surface area contributed by atoms with Gasteiger partial charge in [0.25, 0.3) is 11.5 Å². The molecule has 0 spiro atoms. The smallest absolute Gasteiger partial charge is 0.258 e. The second-order valence-corrected chi connectivity index (χ2v) is 7.23. The Morgan fingerprint density at radius 2 is 2.10 bits per heavy atom. The zero-order valence-electron chi connectivity index (χ0n) is 16.3. The van der Waals surface area contributed by atoms with Crippen molar-refractivity contribution in [2.24, 2.45) is 0 Å². The maximum absolute atomic E-state index is 12.6. The Morgan fingerprint density at radius 3 is 2.93 bits per heavy atom. The first-order valence-electron chi connectivity index (χ1n) is 9.83. The fourth-order valence-corrected chi connectivity index (χ4v) is 3.56. The third kappa shape index (κ3) is 4.30. The summed E-state index contributed by atoms with van der Waals surface area (Å²) in [6.07, 6.45) is 2.10. The first-order valence-corrected chi connectivity index (χ1v) is 9.83. The zero-order chi connectivity index (χ0) is 20.2. The molecule has 2 heterocycles. The van der Waals surface area contributed by atoms with Crippen LogP contribution in [-0.4, -0.2) is 35.1 Å². The molecule has 1 aromatic heterocycles. The van der Waals surface area contributed by atoms with Crippen LogP contribution in [0.25, 0.3) is 10.9 Å². The lowest BCUT2D eigenvalue weighted by Crippen LogP contribution is -2.32. The number of amides is 1. The van der Waals surface area contributed by atoms with Gasteiger partial charge in [-0.2, -0.15) is 0 Å². The minimum Gasteiger partial charge on any atom is -0.377 e. The molecule has 1 aliphatic heterocycles. The zero-order valence-corrected chi connectivity index (χ0v) is 16.3. The summed E-state index contributed by atoms with van der Waals surface area (Å²) in [5.41, 5.74) is 2.70. The van der Waals surface area contributed by atoms with E-state index in [9.17, 15) is 9.59 Å². The molecule has 150 valence electrons. The average molecular weight is 392 g/mol. The molecular weight excluding hydrogens is 368 g/mol. The maximum Gasteiger partial charge on any atom is 0.258 e. The van der Waals surface area contributed by atoms with E-state index in [1.807, 2.05) is 37.3 Å². The van der Waals surface area contributed by atoms with Crippen molar-refractivity contribution in [1.29, 1.82) is 0 Å². The van der Waals surface area contributed by atoms with Gasteiger partial charge in [-0.25, -0.2) is 4.98 Å². The molecule has 0 radical (unpaired) electrons. The maximum atomic E-state index is 12.6. The standard InChI is InChI=1S/C22H24N4O3/c1-14-6-4-9-17-20(14)25-19(26-22(17)28)13-23-18-10-3-2-8-16(18)21(27)24-12-15-7-5-11-29-15/h2-4,6,8-10,15,23H,5,7,11-13H2,1H3,(H,24,27)(H,25,26,28). The summed E-state index contributed by atoms with van der Waals surface area (Å²) in [4.78, 5) is 32.4. The van der Waals surface area contributed by atoms with E-state index in [-0.39, 0.29) is 17.6 Å². The number of H-pyrrole nitrogens is 1. The van der Waals surface area contributed by atoms with E-state index in [0.29, 0.717) is 41.1 Å². The van der Waals surface area contributed by atoms with Crippen molar-refractivity contribution >= 4 is 22.5 Å². The Balaban J connectivity index is 1.49. The predicted octanol–water partition coefficient (Wildman–Crippen LogP) is 2.75. The normalized spacial score (nSPS) is 16.1. The summed E-state index contributed by atoms with van der Waals surface area (Å²) < 4.78 is 5.56. The minimum absolute atomic E-state index is 0.0918. The van der Waals surface area contributed by atoms with Crippen molar-refractivity contribution in [1.82, 2.24) is 15.3 Å². The Kier molecular flexibility index (Phi) is 5.57. The number of fused-ring (bicyclic) bond motifs is 1. The summed E-state index contributed by atoms with van der Waals surface area (Å²) in [7, 11) is 0. The van der Waals surface area contributed by atoms with Crippen LogP contribution >= 0.6 is 0 Å². The van der Waals surface area contributed by atoms with Gasteiger partial charge in [-0.1, -0.05) is 24.3 Å². The number of rotatable bonds is 6. The molecule has 7 nitrogen and oxygen atoms in total. The van der Waals surface area contributed by atoms with Crippen LogP contribution in [0.3, 0.4) is 0 Å². The molecule has 3 aromatic rings. The van der Waals surface area contributed by atoms with Gasteiger partial charge in [0.1, 0.15) is 5.82 Å². The number of aryl methyl sites for hydroxylation is 1. The van der Waals surface area contributed by atoms with Crippen LogP contribution in [0.2, 0.25) is 0 Å². The van der Waals surface area contributed by atoms with Gasteiger partial charge in [0.05, 0.1) is 29.1 Å². The first kappa shape index (κ1) is 19.1. The number of ether oxygens (including phenoxy) is 1. The molecule has 29 heavy (non-hydrogen) atoms. The van der Waals surface area contributed by atoms with Gasteiger partial charge in [-0.15, -0.1) is 0 Å². The molecule has 7 heteroatoms. The number of aromatic amines is 1. The Morgan fingerprint density at radius 1 is 1.24 bits per heavy atom. The van der Waals surface area contributed by atoms with Crippen molar-refractivity contribution in [3.63, 3.8) is 0 Å². The monoisotopic (exact) mass is 392 g/mol. The fraction of sp³-hybridized carbons (Fsp3) is 0.318. The van der Waals surface area contributed by atoms with Gasteiger partial charge < -0.3 is 20.4 Å². The molecule has 4 rings (SSSR count). The third-order valence-electron chi connectivity index (χ3n) is 5.12. The molecule has 2 aromatic carbocycles. The van der Waals surface area contributed by atoms with Gasteiger partial charge in [0.15, 0.2) is 0 Å². The molecule has 0 aliphatic carbocycles. The number of nitrogens with zero attached hydrogens (tertiary/aromatic N) is 1. The largest absolute Gasteiger partial charge is 0.377 e. The van der Waals surface area contributed by atoms with Gasteiger partial charge in [0.2, 0.25) is 0 Å². The summed E-state index contributed by atoms with van der Waals surface area (Å²) in [6.45, 7) is 3.50. The lowest BCUT2D eigenvalue weighted by atomic mass is 10.1. The quantitative estimate of drug-likeness (QED) is 0.599. The van der Waals surface area contributed by atoms with Gasteiger partial charge in [-0.3, -0.25) is 9.59 Å². The lowest BCUT2D eigenvalue weighted by molar-refractivity contribution is 0.0858. The average Bonchev–Trinajstić information content (AvgIpc) is 3.25. The third-order valence-corrected chi connectivity index (χ3v) is 5.12. The molecule has 1 atom stereocenters. The highest BCUT2D eigenvalue weighted by molar-refractivity contribution is 5.99. The summed E-state index contributed by atoms with van der Waals surface area (Å²) in [5.74, 6) is 0.366. The predicted molar refractivity (Wildman–Crippen MR) is 112 cm³/mol. The second kappa shape index (κ2) is 8.45. The van der Waals surface area contributed by atoms with E-state index in [2.05, 4.69) is 20.6 Å². The molecule has 1 amide bonds. The number of para-hydroxylation sites is 2. The van der Waals surface area contributed by atoms with Gasteiger partial charge >= 0.3 is 0 Å². The Hall–Kier alpha value is -3.19. The van der Waals surface area contributed by atoms with E-state index in [1.165, 1.54) is 0 Å². The number of carbonyl (C=O) groups excluding carboxylic acids is 1. The van der Waals surface area contributed by atoms with Crippen LogP contribution in [0.15, 0.2) is 47.3 Å². The molecule has 1 fully saturated rings. The lowest BCUT2D eigenvalue weighted by Gasteiger charge is -2.14. The van der Waals surface area contributed by atoms with Crippen LogP contribution < -0.4 is 16.2 Å². The number of hydrogen-bond acceptors (Lipinski definition) is 5. The fourth-order valence-electron chi connectivity index (χ4n) is 3.56. The highest BCUT2D eigenvalue weighted by Crippen LogP contribution is 2.17. The highest BCUT2D eigenvalue weighted by Gasteiger charge is 2.18. The number of aromatic nitrogens is 2. The van der Waals surface area contributed by atoms with Crippen molar-refractivity contribution in [2.45, 2.75) is 32.4 Å². The van der Waals surface area contributed by atoms with Crippen LogP contribution in [0.4, 0.5) is 5.69 Å². The van der Waals surface area contributed by atoms with Crippen molar-refractivity contribution in [3.05, 3.63) is 69.8 Å².